The van der Waals surface area contributed by atoms with E-state index in [-0.39, 0.29) is 21.4 Å². The highest BCUT2D eigenvalue weighted by atomic mass is 35.5. The van der Waals surface area contributed by atoms with E-state index >= 15 is 0 Å². The Balaban J connectivity index is 1.91. The average molecular weight is 488 g/mol. The molecular formula is C23H22ClN3O5S. The van der Waals surface area contributed by atoms with E-state index in [2.05, 4.69) is 10.5 Å². The minimum atomic E-state index is -4.10. The van der Waals surface area contributed by atoms with Crippen LogP contribution in [0.2, 0.25) is 5.02 Å². The third-order valence-electron chi connectivity index (χ3n) is 4.68. The molecule has 0 heterocycles. The Morgan fingerprint density at radius 1 is 1.09 bits per heavy atom. The predicted octanol–water partition coefficient (Wildman–Crippen LogP) is 3.79. The first kappa shape index (κ1) is 24.1. The summed E-state index contributed by atoms with van der Waals surface area (Å²) in [5.74, 6) is -0.310. The number of phenols is 1. The van der Waals surface area contributed by atoms with Gasteiger partial charge in [0, 0.05) is 5.56 Å². The van der Waals surface area contributed by atoms with Crippen molar-refractivity contribution >= 4 is 38.9 Å². The van der Waals surface area contributed by atoms with E-state index in [9.17, 15) is 18.3 Å². The fraction of sp³-hybridized carbons (Fsp3) is 0.130. The van der Waals surface area contributed by atoms with Crippen molar-refractivity contribution in [2.45, 2.75) is 11.8 Å². The summed E-state index contributed by atoms with van der Waals surface area (Å²) in [4.78, 5) is 12.7. The number of benzene rings is 3. The number of sulfonamides is 1. The van der Waals surface area contributed by atoms with Gasteiger partial charge in [0.15, 0.2) is 0 Å². The first-order valence-electron chi connectivity index (χ1n) is 9.77. The molecule has 0 radical (unpaired) electrons. The van der Waals surface area contributed by atoms with Crippen LogP contribution in [0.25, 0.3) is 0 Å². The molecule has 0 aromatic heterocycles. The number of halogens is 1. The molecule has 1 amide bonds. The maximum atomic E-state index is 13.3. The van der Waals surface area contributed by atoms with Crippen molar-refractivity contribution in [3.05, 3.63) is 83.4 Å². The molecule has 0 bridgehead atoms. The molecule has 0 spiro atoms. The number of amides is 1. The van der Waals surface area contributed by atoms with Crippen LogP contribution in [0.5, 0.6) is 11.5 Å². The maximum absolute atomic E-state index is 13.3. The van der Waals surface area contributed by atoms with Gasteiger partial charge in [-0.2, -0.15) is 5.10 Å². The van der Waals surface area contributed by atoms with Crippen LogP contribution in [-0.2, 0) is 14.8 Å². The quantitative estimate of drug-likeness (QED) is 0.371. The second-order valence-electron chi connectivity index (χ2n) is 6.89. The number of rotatable bonds is 8. The van der Waals surface area contributed by atoms with Gasteiger partial charge < -0.3 is 9.84 Å². The normalized spacial score (nSPS) is 11.7. The molecule has 10 heteroatoms. The van der Waals surface area contributed by atoms with E-state index in [1.54, 1.807) is 43.3 Å². The molecule has 2 N–H and O–H groups in total. The van der Waals surface area contributed by atoms with Crippen LogP contribution in [0.3, 0.4) is 0 Å². The van der Waals surface area contributed by atoms with Gasteiger partial charge in [0.1, 0.15) is 18.0 Å². The summed E-state index contributed by atoms with van der Waals surface area (Å²) in [6, 6.07) is 18.7. The lowest BCUT2D eigenvalue weighted by Gasteiger charge is -2.24. The summed E-state index contributed by atoms with van der Waals surface area (Å²) in [6.45, 7) is 1.05. The lowest BCUT2D eigenvalue weighted by molar-refractivity contribution is -0.119. The van der Waals surface area contributed by atoms with Crippen LogP contribution in [-0.4, -0.2) is 38.8 Å². The number of para-hydroxylation sites is 1. The summed E-state index contributed by atoms with van der Waals surface area (Å²) < 4.78 is 32.8. The largest absolute Gasteiger partial charge is 0.507 e. The van der Waals surface area contributed by atoms with E-state index in [4.69, 9.17) is 16.3 Å². The maximum Gasteiger partial charge on any atom is 0.264 e. The number of carbonyl (C=O) groups excluding carboxylic acids is 1. The fourth-order valence-electron chi connectivity index (χ4n) is 3.00. The summed E-state index contributed by atoms with van der Waals surface area (Å²) >= 11 is 6.20. The number of hydrogen-bond acceptors (Lipinski definition) is 6. The Kier molecular flexibility index (Phi) is 7.57. The topological polar surface area (TPSA) is 108 Å². The predicted molar refractivity (Wildman–Crippen MR) is 127 cm³/mol. The van der Waals surface area contributed by atoms with Crippen molar-refractivity contribution in [2.75, 3.05) is 18.0 Å². The monoisotopic (exact) mass is 487 g/mol. The first-order chi connectivity index (χ1) is 15.7. The molecule has 172 valence electrons. The zero-order valence-electron chi connectivity index (χ0n) is 17.9. The van der Waals surface area contributed by atoms with Crippen LogP contribution < -0.4 is 14.5 Å². The molecule has 0 fully saturated rings. The van der Waals surface area contributed by atoms with Crippen LogP contribution in [0.4, 0.5) is 5.69 Å². The minimum absolute atomic E-state index is 0.00848. The first-order valence-corrected chi connectivity index (χ1v) is 11.6. The number of ether oxygens (including phenoxy) is 1. The SMILES string of the molecule is COc1ccc(N(CC(=O)N/N=C(/C)c2ccccc2O)S(=O)(=O)c2ccccc2)cc1Cl. The van der Waals surface area contributed by atoms with E-state index in [1.807, 2.05) is 0 Å². The molecule has 3 rings (SSSR count). The Labute approximate surface area is 197 Å². The van der Waals surface area contributed by atoms with E-state index < -0.39 is 22.5 Å². The van der Waals surface area contributed by atoms with Gasteiger partial charge in [0.25, 0.3) is 15.9 Å². The van der Waals surface area contributed by atoms with E-state index in [0.29, 0.717) is 17.0 Å². The summed E-state index contributed by atoms with van der Waals surface area (Å²) in [6.07, 6.45) is 0. The summed E-state index contributed by atoms with van der Waals surface area (Å²) in [5, 5.41) is 14.1. The van der Waals surface area contributed by atoms with E-state index in [0.717, 1.165) is 4.31 Å². The average Bonchev–Trinajstić information content (AvgIpc) is 2.81. The number of hydrogen-bond donors (Lipinski definition) is 2. The van der Waals surface area contributed by atoms with Crippen molar-refractivity contribution in [1.82, 2.24) is 5.43 Å². The van der Waals surface area contributed by atoms with Crippen molar-refractivity contribution < 1.29 is 23.1 Å². The third-order valence-corrected chi connectivity index (χ3v) is 6.77. The molecule has 0 unspecified atom stereocenters. The van der Waals surface area contributed by atoms with Gasteiger partial charge in [-0.1, -0.05) is 41.9 Å². The van der Waals surface area contributed by atoms with Gasteiger partial charge >= 0.3 is 0 Å². The van der Waals surface area contributed by atoms with E-state index in [1.165, 1.54) is 43.5 Å². The molecule has 3 aromatic rings. The van der Waals surface area contributed by atoms with Crippen molar-refractivity contribution in [1.29, 1.82) is 0 Å². The van der Waals surface area contributed by atoms with Crippen LogP contribution in [0.1, 0.15) is 12.5 Å². The fourth-order valence-corrected chi connectivity index (χ4v) is 4.68. The molecular weight excluding hydrogens is 466 g/mol. The lowest BCUT2D eigenvalue weighted by Crippen LogP contribution is -2.39. The molecule has 33 heavy (non-hydrogen) atoms. The standard InChI is InChI=1S/C23H22ClN3O5S/c1-16(19-10-6-7-11-21(19)28)25-26-23(29)15-27(17-12-13-22(32-2)20(24)14-17)33(30,31)18-8-4-3-5-9-18/h3-14,28H,15H2,1-2H3,(H,26,29)/b25-16-. The van der Waals surface area contributed by atoms with Crippen LogP contribution in [0.15, 0.2) is 82.8 Å². The number of carbonyl (C=O) groups is 1. The van der Waals surface area contributed by atoms with Gasteiger partial charge in [0.2, 0.25) is 0 Å². The zero-order chi connectivity index (χ0) is 24.0. The van der Waals surface area contributed by atoms with Crippen molar-refractivity contribution in [3.8, 4) is 11.5 Å². The second-order valence-corrected chi connectivity index (χ2v) is 9.16. The second kappa shape index (κ2) is 10.4. The number of nitrogens with zero attached hydrogens (tertiary/aromatic N) is 2. The Morgan fingerprint density at radius 2 is 1.76 bits per heavy atom. The Morgan fingerprint density at radius 3 is 2.39 bits per heavy atom. The number of nitrogens with one attached hydrogen (secondary N) is 1. The number of methoxy groups -OCH3 is 1. The van der Waals surface area contributed by atoms with Crippen LogP contribution in [0, 0.1) is 0 Å². The summed E-state index contributed by atoms with van der Waals surface area (Å²) in [7, 11) is -2.66. The highest BCUT2D eigenvalue weighted by Gasteiger charge is 2.27. The van der Waals surface area contributed by atoms with Crippen molar-refractivity contribution in [3.63, 3.8) is 0 Å². The number of anilines is 1. The number of aromatic hydroxyl groups is 1. The van der Waals surface area contributed by atoms with Gasteiger partial charge in [-0.3, -0.25) is 9.10 Å². The molecule has 0 aliphatic rings. The minimum Gasteiger partial charge on any atom is -0.507 e. The van der Waals surface area contributed by atoms with Gasteiger partial charge in [-0.25, -0.2) is 13.8 Å². The zero-order valence-corrected chi connectivity index (χ0v) is 19.5. The van der Waals surface area contributed by atoms with Gasteiger partial charge in [-0.15, -0.1) is 0 Å². The van der Waals surface area contributed by atoms with Crippen LogP contribution >= 0.6 is 11.6 Å². The third kappa shape index (κ3) is 5.63. The Bertz CT molecular complexity index is 1280. The molecule has 0 atom stereocenters. The molecule has 0 saturated carbocycles. The summed E-state index contributed by atoms with van der Waals surface area (Å²) in [5.41, 5.74) is 3.32. The lowest BCUT2D eigenvalue weighted by atomic mass is 10.1. The van der Waals surface area contributed by atoms with Crippen molar-refractivity contribution in [2.24, 2.45) is 5.10 Å². The molecule has 3 aromatic carbocycles. The highest BCUT2D eigenvalue weighted by molar-refractivity contribution is 7.92. The number of hydrazone groups is 1. The highest BCUT2D eigenvalue weighted by Crippen LogP contribution is 2.31. The smallest absolute Gasteiger partial charge is 0.264 e. The van der Waals surface area contributed by atoms with Gasteiger partial charge in [0.05, 0.1) is 28.4 Å². The molecule has 0 aliphatic carbocycles. The molecule has 0 saturated heterocycles. The Hall–Kier alpha value is -3.56. The molecule has 0 aliphatic heterocycles. The number of phenolic OH excluding ortho intramolecular Hbond substituents is 1. The molecule has 8 nitrogen and oxygen atoms in total. The van der Waals surface area contributed by atoms with Gasteiger partial charge in [-0.05, 0) is 49.4 Å².